The third-order valence-corrected chi connectivity index (χ3v) is 2.28. The van der Waals surface area contributed by atoms with Crippen LogP contribution in [-0.2, 0) is 0 Å². The van der Waals surface area contributed by atoms with Gasteiger partial charge in [-0.05, 0) is 32.6 Å². The second-order valence-electron chi connectivity index (χ2n) is 4.48. The van der Waals surface area contributed by atoms with Crippen molar-refractivity contribution in [3.05, 3.63) is 11.6 Å². The topological polar surface area (TPSA) is 64.4 Å². The minimum Gasteiger partial charge on any atom is -0.465 e. The van der Waals surface area contributed by atoms with E-state index in [4.69, 9.17) is 10.5 Å². The molecule has 1 amide bonds. The number of carbonyl (C=O) groups is 1. The average Bonchev–Trinajstić information content (AvgIpc) is 2.12. The Morgan fingerprint density at radius 2 is 2.00 bits per heavy atom. The van der Waals surface area contributed by atoms with Gasteiger partial charge in [0.05, 0.1) is 6.54 Å². The molecule has 4 nitrogen and oxygen atoms in total. The average molecular weight is 226 g/mol. The predicted octanol–water partition coefficient (Wildman–Crippen LogP) is 3.35. The van der Waals surface area contributed by atoms with Crippen molar-refractivity contribution in [2.75, 3.05) is 6.54 Å². The molecule has 0 unspecified atom stereocenters. The molecule has 92 valence electrons. The summed E-state index contributed by atoms with van der Waals surface area (Å²) in [6, 6.07) is 0. The molecule has 0 aliphatic rings. The maximum Gasteiger partial charge on any atom is 0.413 e. The van der Waals surface area contributed by atoms with Gasteiger partial charge in [-0.3, -0.25) is 10.3 Å². The molecular weight excluding hydrogens is 204 g/mol. The van der Waals surface area contributed by atoms with E-state index < -0.39 is 6.09 Å². The lowest BCUT2D eigenvalue weighted by atomic mass is 10.1. The molecular formula is C12H22N2O2. The van der Waals surface area contributed by atoms with Crippen LogP contribution in [0.3, 0.4) is 0 Å². The van der Waals surface area contributed by atoms with Gasteiger partial charge in [0.2, 0.25) is 0 Å². The molecule has 0 aromatic rings. The Balaban J connectivity index is 4.24. The van der Waals surface area contributed by atoms with Crippen LogP contribution in [0, 0.1) is 11.3 Å². The minimum atomic E-state index is -1.07. The highest BCUT2D eigenvalue weighted by Gasteiger charge is 2.13. The van der Waals surface area contributed by atoms with E-state index in [1.54, 1.807) is 0 Å². The molecule has 0 aliphatic carbocycles. The van der Waals surface area contributed by atoms with E-state index in [-0.39, 0.29) is 5.84 Å². The summed E-state index contributed by atoms with van der Waals surface area (Å²) in [4.78, 5) is 11.9. The zero-order valence-corrected chi connectivity index (χ0v) is 10.6. The van der Waals surface area contributed by atoms with Crippen LogP contribution in [0.5, 0.6) is 0 Å². The van der Waals surface area contributed by atoms with Gasteiger partial charge in [0.25, 0.3) is 0 Å². The van der Waals surface area contributed by atoms with Crippen molar-refractivity contribution >= 4 is 11.9 Å². The lowest BCUT2D eigenvalue weighted by Crippen LogP contribution is -2.34. The second-order valence-corrected chi connectivity index (χ2v) is 4.48. The van der Waals surface area contributed by atoms with Crippen molar-refractivity contribution in [2.24, 2.45) is 5.92 Å². The number of amidine groups is 1. The standard InChI is InChI=1S/C12H22N2O2/c1-9(2)6-5-7-10(3)8-14(11(4)13)12(15)16/h7,9,13H,5-6,8H2,1-4H3,(H,15,16)/b10-7+,13-11?. The number of hydrogen-bond donors (Lipinski definition) is 2. The maximum atomic E-state index is 10.8. The fraction of sp³-hybridized carbons (Fsp3) is 0.667. The Hall–Kier alpha value is -1.32. The number of hydrogen-bond acceptors (Lipinski definition) is 2. The van der Waals surface area contributed by atoms with Crippen LogP contribution >= 0.6 is 0 Å². The molecule has 0 rings (SSSR count). The van der Waals surface area contributed by atoms with Crippen LogP contribution in [0.2, 0.25) is 0 Å². The van der Waals surface area contributed by atoms with Gasteiger partial charge in [-0.2, -0.15) is 0 Å². The minimum absolute atomic E-state index is 0.0594. The van der Waals surface area contributed by atoms with E-state index in [1.165, 1.54) is 6.92 Å². The summed E-state index contributed by atoms with van der Waals surface area (Å²) >= 11 is 0. The van der Waals surface area contributed by atoms with Crippen LogP contribution in [0.1, 0.15) is 40.5 Å². The molecule has 0 bridgehead atoms. The molecule has 0 radical (unpaired) electrons. The van der Waals surface area contributed by atoms with Gasteiger partial charge in [0, 0.05) is 0 Å². The first-order valence-corrected chi connectivity index (χ1v) is 5.55. The van der Waals surface area contributed by atoms with Crippen LogP contribution < -0.4 is 0 Å². The summed E-state index contributed by atoms with van der Waals surface area (Å²) in [5, 5.41) is 16.2. The molecule has 2 N–H and O–H groups in total. The zero-order chi connectivity index (χ0) is 12.7. The van der Waals surface area contributed by atoms with Gasteiger partial charge in [-0.25, -0.2) is 4.79 Å². The zero-order valence-electron chi connectivity index (χ0n) is 10.6. The Labute approximate surface area is 97.5 Å². The van der Waals surface area contributed by atoms with Gasteiger partial charge in [-0.15, -0.1) is 0 Å². The molecule has 16 heavy (non-hydrogen) atoms. The van der Waals surface area contributed by atoms with Gasteiger partial charge in [-0.1, -0.05) is 25.5 Å². The molecule has 0 atom stereocenters. The van der Waals surface area contributed by atoms with Crippen LogP contribution in [-0.4, -0.2) is 28.5 Å². The second kappa shape index (κ2) is 7.04. The number of rotatable bonds is 5. The van der Waals surface area contributed by atoms with E-state index in [0.29, 0.717) is 12.5 Å². The lowest BCUT2D eigenvalue weighted by Gasteiger charge is -2.17. The monoisotopic (exact) mass is 226 g/mol. The Kier molecular flexibility index (Phi) is 6.46. The highest BCUT2D eigenvalue weighted by molar-refractivity contribution is 5.91. The molecule has 0 fully saturated rings. The quantitative estimate of drug-likeness (QED) is 0.429. The third-order valence-electron chi connectivity index (χ3n) is 2.28. The highest BCUT2D eigenvalue weighted by Crippen LogP contribution is 2.07. The smallest absolute Gasteiger partial charge is 0.413 e. The van der Waals surface area contributed by atoms with E-state index in [9.17, 15) is 4.79 Å². The van der Waals surface area contributed by atoms with Crippen LogP contribution in [0.4, 0.5) is 4.79 Å². The Bertz CT molecular complexity index is 269. The number of allylic oxidation sites excluding steroid dienone is 1. The molecule has 0 heterocycles. The van der Waals surface area contributed by atoms with E-state index in [2.05, 4.69) is 19.9 Å². The predicted molar refractivity (Wildman–Crippen MR) is 66.0 cm³/mol. The first kappa shape index (κ1) is 14.7. The van der Waals surface area contributed by atoms with Crippen molar-refractivity contribution in [1.82, 2.24) is 4.90 Å². The van der Waals surface area contributed by atoms with Crippen molar-refractivity contribution in [1.29, 1.82) is 5.41 Å². The molecule has 0 saturated carbocycles. The summed E-state index contributed by atoms with van der Waals surface area (Å²) in [6.45, 7) is 8.00. The number of nitrogens with one attached hydrogen (secondary N) is 1. The van der Waals surface area contributed by atoms with E-state index in [0.717, 1.165) is 23.3 Å². The molecule has 4 heteroatoms. The van der Waals surface area contributed by atoms with Crippen molar-refractivity contribution < 1.29 is 9.90 Å². The molecule has 0 aromatic heterocycles. The van der Waals surface area contributed by atoms with Gasteiger partial charge >= 0.3 is 6.09 Å². The molecule has 0 aromatic carbocycles. The fourth-order valence-electron chi connectivity index (χ4n) is 1.31. The number of amides is 1. The van der Waals surface area contributed by atoms with Gasteiger partial charge in [0.1, 0.15) is 5.84 Å². The highest BCUT2D eigenvalue weighted by atomic mass is 16.4. The third kappa shape index (κ3) is 6.22. The van der Waals surface area contributed by atoms with Gasteiger partial charge < -0.3 is 5.11 Å². The maximum absolute atomic E-state index is 10.8. The van der Waals surface area contributed by atoms with E-state index in [1.807, 2.05) is 6.92 Å². The number of nitrogens with zero attached hydrogens (tertiary/aromatic N) is 1. The Morgan fingerprint density at radius 3 is 2.38 bits per heavy atom. The molecule has 0 spiro atoms. The number of carboxylic acid groups (broad SMARTS) is 1. The van der Waals surface area contributed by atoms with Crippen molar-refractivity contribution in [3.63, 3.8) is 0 Å². The molecule has 0 aliphatic heterocycles. The molecule has 0 saturated heterocycles. The summed E-state index contributed by atoms with van der Waals surface area (Å²) in [7, 11) is 0. The lowest BCUT2D eigenvalue weighted by molar-refractivity contribution is 0.171. The summed E-state index contributed by atoms with van der Waals surface area (Å²) in [6.07, 6.45) is 3.06. The first-order chi connectivity index (χ1) is 7.34. The summed E-state index contributed by atoms with van der Waals surface area (Å²) < 4.78 is 0. The van der Waals surface area contributed by atoms with Crippen molar-refractivity contribution in [2.45, 2.75) is 40.5 Å². The normalized spacial score (nSPS) is 11.7. The Morgan fingerprint density at radius 1 is 1.44 bits per heavy atom. The van der Waals surface area contributed by atoms with Crippen LogP contribution in [0.25, 0.3) is 0 Å². The SMILES string of the molecule is CC(=N)N(C/C(C)=C/CCC(C)C)C(=O)O. The largest absolute Gasteiger partial charge is 0.465 e. The van der Waals surface area contributed by atoms with Gasteiger partial charge in [0.15, 0.2) is 0 Å². The summed E-state index contributed by atoms with van der Waals surface area (Å²) in [5.74, 6) is 0.716. The first-order valence-electron chi connectivity index (χ1n) is 5.55. The fourth-order valence-corrected chi connectivity index (χ4v) is 1.31. The van der Waals surface area contributed by atoms with Crippen LogP contribution in [0.15, 0.2) is 11.6 Å². The van der Waals surface area contributed by atoms with E-state index >= 15 is 0 Å². The van der Waals surface area contributed by atoms with Crippen molar-refractivity contribution in [3.8, 4) is 0 Å². The summed E-state index contributed by atoms with van der Waals surface area (Å²) in [5.41, 5.74) is 0.995.